The molecule has 0 aliphatic heterocycles. The maximum atomic E-state index is 13.9. The van der Waals surface area contributed by atoms with Crippen molar-refractivity contribution in [2.24, 2.45) is 0 Å². The number of hydrogen-bond acceptors (Lipinski definition) is 5. The monoisotopic (exact) mass is 649 g/mol. The van der Waals surface area contributed by atoms with E-state index in [2.05, 4.69) is 27.9 Å². The number of nitrogens with one attached hydrogen (secondary N) is 1. The molecular formula is C28H32IN3O5S. The summed E-state index contributed by atoms with van der Waals surface area (Å²) in [6.45, 7) is 3.71. The van der Waals surface area contributed by atoms with Gasteiger partial charge in [0.25, 0.3) is 10.0 Å². The van der Waals surface area contributed by atoms with Crippen LogP contribution in [0.1, 0.15) is 25.8 Å². The Labute approximate surface area is 238 Å². The zero-order valence-electron chi connectivity index (χ0n) is 21.6. The standard InChI is InChI=1S/C28H32IN3O5S/c1-4-26(28(34)30-5-2)31(19-21-11-17-24(37-3)18-12-21)27(33)20-32(23-15-13-22(29)14-16-23)38(35,36)25-9-7-6-8-10-25/h6-18,26H,4-5,19-20H2,1-3H3,(H,30,34)/t26-/m0/s1. The van der Waals surface area contributed by atoms with Gasteiger partial charge in [-0.2, -0.15) is 0 Å². The summed E-state index contributed by atoms with van der Waals surface area (Å²) in [5.41, 5.74) is 1.15. The average molecular weight is 650 g/mol. The number of amides is 2. The molecule has 8 nitrogen and oxygen atoms in total. The number of nitrogens with zero attached hydrogens (tertiary/aromatic N) is 2. The molecule has 0 aromatic heterocycles. The van der Waals surface area contributed by atoms with Gasteiger partial charge in [0.2, 0.25) is 11.8 Å². The summed E-state index contributed by atoms with van der Waals surface area (Å²) in [6.07, 6.45) is 0.364. The van der Waals surface area contributed by atoms with Gasteiger partial charge in [-0.05, 0) is 90.0 Å². The SMILES string of the molecule is CCNC(=O)[C@H](CC)N(Cc1ccc(OC)cc1)C(=O)CN(c1ccc(I)cc1)S(=O)(=O)c1ccccc1. The van der Waals surface area contributed by atoms with Crippen LogP contribution in [0.15, 0.2) is 83.8 Å². The van der Waals surface area contributed by atoms with Gasteiger partial charge in [-0.15, -0.1) is 0 Å². The lowest BCUT2D eigenvalue weighted by atomic mass is 10.1. The van der Waals surface area contributed by atoms with Gasteiger partial charge in [-0.3, -0.25) is 13.9 Å². The predicted molar refractivity (Wildman–Crippen MR) is 156 cm³/mol. The molecule has 0 saturated carbocycles. The van der Waals surface area contributed by atoms with Crippen molar-refractivity contribution in [2.45, 2.75) is 37.8 Å². The van der Waals surface area contributed by atoms with E-state index in [-0.39, 0.29) is 17.3 Å². The lowest BCUT2D eigenvalue weighted by molar-refractivity contribution is -0.140. The van der Waals surface area contributed by atoms with Gasteiger partial charge in [-0.25, -0.2) is 8.42 Å². The number of methoxy groups -OCH3 is 1. The molecule has 38 heavy (non-hydrogen) atoms. The van der Waals surface area contributed by atoms with Crippen molar-refractivity contribution in [3.05, 3.63) is 88.0 Å². The fourth-order valence-electron chi connectivity index (χ4n) is 3.99. The van der Waals surface area contributed by atoms with Crippen LogP contribution in [-0.2, 0) is 26.2 Å². The van der Waals surface area contributed by atoms with Crippen molar-refractivity contribution in [3.8, 4) is 5.75 Å². The number of anilines is 1. The molecule has 0 fully saturated rings. The number of sulfonamides is 1. The topological polar surface area (TPSA) is 96.0 Å². The first-order valence-corrected chi connectivity index (χ1v) is 14.8. The average Bonchev–Trinajstić information content (AvgIpc) is 2.93. The quantitative estimate of drug-likeness (QED) is 0.293. The van der Waals surface area contributed by atoms with Gasteiger partial charge in [0.1, 0.15) is 18.3 Å². The Hall–Kier alpha value is -3.12. The zero-order valence-corrected chi connectivity index (χ0v) is 24.6. The molecule has 202 valence electrons. The summed E-state index contributed by atoms with van der Waals surface area (Å²) in [5, 5.41) is 2.80. The summed E-state index contributed by atoms with van der Waals surface area (Å²) < 4.78 is 34.7. The maximum Gasteiger partial charge on any atom is 0.264 e. The molecule has 10 heteroatoms. The van der Waals surface area contributed by atoms with E-state index in [0.717, 1.165) is 13.4 Å². The molecule has 2 amide bonds. The number of carbonyl (C=O) groups excluding carboxylic acids is 2. The van der Waals surface area contributed by atoms with E-state index < -0.39 is 28.5 Å². The number of halogens is 1. The summed E-state index contributed by atoms with van der Waals surface area (Å²) in [6, 6.07) is 21.3. The first-order valence-electron chi connectivity index (χ1n) is 12.2. The molecule has 3 aromatic carbocycles. The van der Waals surface area contributed by atoms with Crippen LogP contribution in [0.3, 0.4) is 0 Å². The van der Waals surface area contributed by atoms with Gasteiger partial charge in [-0.1, -0.05) is 37.3 Å². The van der Waals surface area contributed by atoms with Crippen molar-refractivity contribution in [1.29, 1.82) is 0 Å². The van der Waals surface area contributed by atoms with Gasteiger partial charge in [0.05, 0.1) is 17.7 Å². The van der Waals surface area contributed by atoms with E-state index >= 15 is 0 Å². The summed E-state index contributed by atoms with van der Waals surface area (Å²) in [5.74, 6) is -0.109. The minimum Gasteiger partial charge on any atom is -0.497 e. The minimum atomic E-state index is -4.07. The number of hydrogen-bond donors (Lipinski definition) is 1. The zero-order chi connectivity index (χ0) is 27.7. The van der Waals surface area contributed by atoms with Crippen LogP contribution in [0.25, 0.3) is 0 Å². The van der Waals surface area contributed by atoms with Crippen molar-refractivity contribution in [3.63, 3.8) is 0 Å². The van der Waals surface area contributed by atoms with Gasteiger partial charge in [0, 0.05) is 16.7 Å². The summed E-state index contributed by atoms with van der Waals surface area (Å²) in [7, 11) is -2.51. The molecule has 0 aliphatic carbocycles. The number of carbonyl (C=O) groups is 2. The highest BCUT2D eigenvalue weighted by Crippen LogP contribution is 2.25. The fourth-order valence-corrected chi connectivity index (χ4v) is 5.79. The number of likely N-dealkylation sites (N-methyl/N-ethyl adjacent to an activating group) is 1. The maximum absolute atomic E-state index is 13.9. The molecule has 3 rings (SSSR count). The Bertz CT molecular complexity index is 1320. The molecule has 1 N–H and O–H groups in total. The summed E-state index contributed by atoms with van der Waals surface area (Å²) in [4.78, 5) is 28.4. The van der Waals surface area contributed by atoms with E-state index in [1.165, 1.54) is 17.0 Å². The van der Waals surface area contributed by atoms with E-state index in [9.17, 15) is 18.0 Å². The predicted octanol–water partition coefficient (Wildman–Crippen LogP) is 4.44. The second-order valence-corrected chi connectivity index (χ2v) is 11.6. The van der Waals surface area contributed by atoms with Crippen LogP contribution in [0.5, 0.6) is 5.75 Å². The lowest BCUT2D eigenvalue weighted by Gasteiger charge is -2.33. The third-order valence-corrected chi connectivity index (χ3v) is 8.48. The highest BCUT2D eigenvalue weighted by molar-refractivity contribution is 14.1. The van der Waals surface area contributed by atoms with E-state index in [0.29, 0.717) is 24.4 Å². The molecule has 0 bridgehead atoms. The Morgan fingerprint density at radius 3 is 2.13 bits per heavy atom. The fraction of sp³-hybridized carbons (Fsp3) is 0.286. The Kier molecular flexibility index (Phi) is 10.5. The smallest absolute Gasteiger partial charge is 0.264 e. The van der Waals surface area contributed by atoms with E-state index in [4.69, 9.17) is 4.74 Å². The third kappa shape index (κ3) is 7.25. The number of benzene rings is 3. The van der Waals surface area contributed by atoms with Crippen molar-refractivity contribution < 1.29 is 22.7 Å². The summed E-state index contributed by atoms with van der Waals surface area (Å²) >= 11 is 2.14. The number of rotatable bonds is 12. The highest BCUT2D eigenvalue weighted by Gasteiger charge is 2.33. The highest BCUT2D eigenvalue weighted by atomic mass is 127. The first kappa shape index (κ1) is 29.4. The number of ether oxygens (including phenoxy) is 1. The molecule has 0 spiro atoms. The van der Waals surface area contributed by atoms with Gasteiger partial charge < -0.3 is 15.0 Å². The molecule has 1 atom stereocenters. The molecule has 0 radical (unpaired) electrons. The van der Waals surface area contributed by atoms with Crippen molar-refractivity contribution in [1.82, 2.24) is 10.2 Å². The molecule has 0 heterocycles. The molecule has 0 saturated heterocycles. The van der Waals surface area contributed by atoms with Crippen LogP contribution in [0.2, 0.25) is 0 Å². The third-order valence-electron chi connectivity index (χ3n) is 5.97. The Balaban J connectivity index is 2.03. The van der Waals surface area contributed by atoms with Crippen LogP contribution in [-0.4, -0.2) is 51.4 Å². The van der Waals surface area contributed by atoms with Crippen molar-refractivity contribution in [2.75, 3.05) is 24.5 Å². The largest absolute Gasteiger partial charge is 0.497 e. The van der Waals surface area contributed by atoms with Crippen LogP contribution < -0.4 is 14.4 Å². The second-order valence-electron chi connectivity index (χ2n) is 8.49. The first-order chi connectivity index (χ1) is 18.2. The molecule has 0 aliphatic rings. The molecule has 3 aromatic rings. The van der Waals surface area contributed by atoms with Crippen LogP contribution in [0, 0.1) is 3.57 Å². The Morgan fingerprint density at radius 1 is 0.947 bits per heavy atom. The van der Waals surface area contributed by atoms with E-state index in [1.807, 2.05) is 26.0 Å². The minimum absolute atomic E-state index is 0.0730. The molecule has 0 unspecified atom stereocenters. The Morgan fingerprint density at radius 2 is 1.58 bits per heavy atom. The van der Waals surface area contributed by atoms with E-state index in [1.54, 1.807) is 61.7 Å². The normalized spacial score (nSPS) is 11.9. The van der Waals surface area contributed by atoms with Crippen LogP contribution in [0.4, 0.5) is 5.69 Å². The second kappa shape index (κ2) is 13.6. The van der Waals surface area contributed by atoms with Crippen molar-refractivity contribution >= 4 is 50.1 Å². The molecular weight excluding hydrogens is 617 g/mol. The van der Waals surface area contributed by atoms with Gasteiger partial charge >= 0.3 is 0 Å². The van der Waals surface area contributed by atoms with Gasteiger partial charge in [0.15, 0.2) is 0 Å². The van der Waals surface area contributed by atoms with Crippen LogP contribution >= 0.6 is 22.6 Å². The lowest BCUT2D eigenvalue weighted by Crippen LogP contribution is -2.52.